The number of hydrogen-bond donors (Lipinski definition) is 0. The van der Waals surface area contributed by atoms with E-state index >= 15 is 0 Å². The lowest BCUT2D eigenvalue weighted by atomic mass is 9.59. The Labute approximate surface area is 262 Å². The Hall–Kier alpha value is -4.82. The SMILES string of the molecule is Bc1c(B)c(B)c(-c2c3ccccc3c(-c3ccc4oc5c(-c6ccccc6)cccc5c4c3)c3ccccc23)c(B)c1B. The fraction of sp³-hybridized carbons (Fsp3) is 0. The fourth-order valence-corrected chi connectivity index (χ4v) is 7.38. The Kier molecular flexibility index (Phi) is 6.17. The Bertz CT molecular complexity index is 2360. The van der Waals surface area contributed by atoms with Gasteiger partial charge in [-0.15, -0.1) is 16.4 Å². The molecule has 1 heterocycles. The highest BCUT2D eigenvalue weighted by atomic mass is 16.3. The van der Waals surface area contributed by atoms with Gasteiger partial charge in [-0.2, -0.15) is 0 Å². The van der Waals surface area contributed by atoms with E-state index < -0.39 is 0 Å². The van der Waals surface area contributed by atoms with Crippen molar-refractivity contribution in [1.82, 2.24) is 0 Å². The predicted octanol–water partition coefficient (Wildman–Crippen LogP) is 2.19. The van der Waals surface area contributed by atoms with Gasteiger partial charge in [-0.1, -0.05) is 114 Å². The largest absolute Gasteiger partial charge is 0.455 e. The van der Waals surface area contributed by atoms with Gasteiger partial charge in [0.1, 0.15) is 50.4 Å². The Balaban J connectivity index is 1.45. The summed E-state index contributed by atoms with van der Waals surface area (Å²) >= 11 is 0. The van der Waals surface area contributed by atoms with E-state index in [-0.39, 0.29) is 0 Å². The van der Waals surface area contributed by atoms with E-state index in [0.717, 1.165) is 33.1 Å². The summed E-state index contributed by atoms with van der Waals surface area (Å²) in [7, 11) is 11.4. The Morgan fingerprint density at radius 1 is 0.364 bits per heavy atom. The van der Waals surface area contributed by atoms with Crippen LogP contribution in [0.25, 0.3) is 76.9 Å². The van der Waals surface area contributed by atoms with E-state index in [1.807, 2.05) is 0 Å². The van der Waals surface area contributed by atoms with Crippen molar-refractivity contribution in [2.75, 3.05) is 0 Å². The van der Waals surface area contributed by atoms with Gasteiger partial charge in [0.15, 0.2) is 0 Å². The highest BCUT2D eigenvalue weighted by Crippen LogP contribution is 2.44. The van der Waals surface area contributed by atoms with Gasteiger partial charge < -0.3 is 4.42 Å². The molecule has 44 heavy (non-hydrogen) atoms. The molecule has 0 fully saturated rings. The molecular formula is C38H29B5O. The van der Waals surface area contributed by atoms with Gasteiger partial charge in [0.25, 0.3) is 0 Å². The van der Waals surface area contributed by atoms with Gasteiger partial charge >= 0.3 is 0 Å². The van der Waals surface area contributed by atoms with Crippen molar-refractivity contribution in [2.45, 2.75) is 0 Å². The summed E-state index contributed by atoms with van der Waals surface area (Å²) in [6.45, 7) is 0. The van der Waals surface area contributed by atoms with Crippen LogP contribution in [0, 0.1) is 0 Å². The summed E-state index contributed by atoms with van der Waals surface area (Å²) in [6.07, 6.45) is 0. The Morgan fingerprint density at radius 2 is 0.886 bits per heavy atom. The molecule has 7 aromatic carbocycles. The first kappa shape index (κ1) is 26.8. The molecule has 0 aliphatic rings. The molecule has 8 aromatic rings. The van der Waals surface area contributed by atoms with Crippen LogP contribution in [-0.4, -0.2) is 39.2 Å². The van der Waals surface area contributed by atoms with Crippen LogP contribution >= 0.6 is 0 Å². The Morgan fingerprint density at radius 3 is 1.50 bits per heavy atom. The van der Waals surface area contributed by atoms with Gasteiger partial charge in [-0.05, 0) is 61.5 Å². The van der Waals surface area contributed by atoms with Crippen molar-refractivity contribution in [1.29, 1.82) is 0 Å². The summed E-state index contributed by atoms with van der Waals surface area (Å²) in [6, 6.07) is 41.6. The second kappa shape index (κ2) is 10.1. The molecular weight excluding hydrogens is 526 g/mol. The van der Waals surface area contributed by atoms with Crippen molar-refractivity contribution >= 4 is 110 Å². The zero-order valence-electron chi connectivity index (χ0n) is 25.9. The van der Waals surface area contributed by atoms with Crippen LogP contribution < -0.4 is 27.3 Å². The molecule has 0 bridgehead atoms. The number of para-hydroxylation sites is 1. The molecule has 8 rings (SSSR count). The van der Waals surface area contributed by atoms with Gasteiger partial charge in [0.2, 0.25) is 0 Å². The van der Waals surface area contributed by atoms with Crippen molar-refractivity contribution in [3.63, 3.8) is 0 Å². The van der Waals surface area contributed by atoms with Crippen LogP contribution in [0.4, 0.5) is 0 Å². The fourth-order valence-electron chi connectivity index (χ4n) is 7.38. The first-order valence-corrected chi connectivity index (χ1v) is 15.5. The average Bonchev–Trinajstić information content (AvgIpc) is 3.45. The number of fused-ring (bicyclic) bond motifs is 5. The molecule has 6 heteroatoms. The monoisotopic (exact) mass is 556 g/mol. The quantitative estimate of drug-likeness (QED) is 0.241. The summed E-state index contributed by atoms with van der Waals surface area (Å²) in [4.78, 5) is 0. The molecule has 0 radical (unpaired) electrons. The molecule has 0 spiro atoms. The highest BCUT2D eigenvalue weighted by molar-refractivity contribution is 6.69. The van der Waals surface area contributed by atoms with E-state index in [2.05, 4.69) is 154 Å². The molecule has 0 saturated heterocycles. The van der Waals surface area contributed by atoms with Gasteiger partial charge in [-0.25, -0.2) is 0 Å². The van der Waals surface area contributed by atoms with Crippen molar-refractivity contribution < 1.29 is 4.42 Å². The normalized spacial score (nSPS) is 11.6. The molecule has 0 N–H and O–H groups in total. The molecule has 0 aliphatic carbocycles. The number of benzene rings is 7. The average molecular weight is 556 g/mol. The second-order valence-electron chi connectivity index (χ2n) is 12.2. The van der Waals surface area contributed by atoms with Crippen LogP contribution in [0.2, 0.25) is 0 Å². The van der Waals surface area contributed by atoms with Crippen LogP contribution in [-0.2, 0) is 0 Å². The number of rotatable bonds is 3. The predicted molar refractivity (Wildman–Crippen MR) is 206 cm³/mol. The summed E-state index contributed by atoms with van der Waals surface area (Å²) in [5.41, 5.74) is 16.2. The maximum Gasteiger partial charge on any atom is 0.143 e. The standard InChI is InChI=1S/C38H29B5O/c39-33-32(34(40)36(42)37(43)35(33)41)31-25-13-6-4-11-23(25)30(24-12-5-7-14-26(24)31)21-17-18-29-28(19-21)27-16-8-15-22(38(27)44-29)20-9-2-1-3-10-20/h1-19H,39-43H2. The molecule has 0 atom stereocenters. The van der Waals surface area contributed by atoms with E-state index in [9.17, 15) is 0 Å². The topological polar surface area (TPSA) is 13.1 Å². The number of hydrogen-bond acceptors (Lipinski definition) is 1. The zero-order chi connectivity index (χ0) is 30.1. The van der Waals surface area contributed by atoms with Crippen molar-refractivity contribution in [3.8, 4) is 33.4 Å². The van der Waals surface area contributed by atoms with Crippen molar-refractivity contribution in [3.05, 3.63) is 115 Å². The minimum Gasteiger partial charge on any atom is -0.455 e. The van der Waals surface area contributed by atoms with E-state index in [1.54, 1.807) is 0 Å². The minimum absolute atomic E-state index is 0.911. The van der Waals surface area contributed by atoms with Gasteiger partial charge in [0, 0.05) is 16.3 Å². The molecule has 0 aliphatic heterocycles. The second-order valence-corrected chi connectivity index (χ2v) is 12.2. The van der Waals surface area contributed by atoms with Crippen molar-refractivity contribution in [2.24, 2.45) is 0 Å². The summed E-state index contributed by atoms with van der Waals surface area (Å²) < 4.78 is 6.54. The first-order valence-electron chi connectivity index (χ1n) is 15.5. The maximum atomic E-state index is 6.54. The lowest BCUT2D eigenvalue weighted by molar-refractivity contribution is 0.670. The lowest BCUT2D eigenvalue weighted by Gasteiger charge is -2.24. The van der Waals surface area contributed by atoms with E-state index in [0.29, 0.717) is 0 Å². The molecule has 0 amide bonds. The summed E-state index contributed by atoms with van der Waals surface area (Å²) in [5.74, 6) is 0. The zero-order valence-corrected chi connectivity index (χ0v) is 25.9. The molecule has 0 saturated carbocycles. The first-order chi connectivity index (χ1) is 21.4. The summed E-state index contributed by atoms with van der Waals surface area (Å²) in [5, 5.41) is 7.41. The third kappa shape index (κ3) is 3.87. The highest BCUT2D eigenvalue weighted by Gasteiger charge is 2.21. The van der Waals surface area contributed by atoms with E-state index in [1.165, 1.54) is 71.1 Å². The van der Waals surface area contributed by atoms with Crippen LogP contribution in [0.1, 0.15) is 0 Å². The lowest BCUT2D eigenvalue weighted by Crippen LogP contribution is -2.55. The van der Waals surface area contributed by atoms with Crippen LogP contribution in [0.15, 0.2) is 120 Å². The third-order valence-corrected chi connectivity index (χ3v) is 10.1. The van der Waals surface area contributed by atoms with E-state index in [4.69, 9.17) is 4.42 Å². The van der Waals surface area contributed by atoms with Gasteiger partial charge in [0.05, 0.1) is 0 Å². The van der Waals surface area contributed by atoms with Crippen LogP contribution in [0.5, 0.6) is 0 Å². The molecule has 0 unspecified atom stereocenters. The maximum absolute atomic E-state index is 6.54. The van der Waals surface area contributed by atoms with Gasteiger partial charge in [-0.3, -0.25) is 0 Å². The smallest absolute Gasteiger partial charge is 0.143 e. The minimum atomic E-state index is 0.911. The number of furan rings is 1. The third-order valence-electron chi connectivity index (χ3n) is 10.1. The van der Waals surface area contributed by atoms with Crippen LogP contribution in [0.3, 0.4) is 0 Å². The molecule has 202 valence electrons. The molecule has 1 aromatic heterocycles. The molecule has 1 nitrogen and oxygen atoms in total.